The highest BCUT2D eigenvalue weighted by atomic mass is 35.5. The fraction of sp³-hybridized carbons (Fsp3) is 0.360. The Bertz CT molecular complexity index is 1250. The maximum atomic E-state index is 6.17. The number of nitrogens with one attached hydrogen (secondary N) is 2. The molecule has 1 saturated heterocycles. The Morgan fingerprint density at radius 3 is 2.44 bits per heavy atom. The summed E-state index contributed by atoms with van der Waals surface area (Å²) in [5.74, 6) is 3.62. The number of fused-ring (bicyclic) bond motifs is 1. The number of piperidine rings is 1. The summed E-state index contributed by atoms with van der Waals surface area (Å²) in [6, 6.07) is 11.9. The molecule has 1 aliphatic rings. The van der Waals surface area contributed by atoms with E-state index in [9.17, 15) is 0 Å². The molecule has 1 aliphatic heterocycles. The van der Waals surface area contributed by atoms with Gasteiger partial charge in [-0.05, 0) is 68.1 Å². The summed E-state index contributed by atoms with van der Waals surface area (Å²) in [4.78, 5) is 9.19. The van der Waals surface area contributed by atoms with Gasteiger partial charge in [-0.1, -0.05) is 29.3 Å². The quantitative estimate of drug-likeness (QED) is 0.339. The standard InChI is InChI=1S/C25H27Cl2N5O2/c1-33-22-12-17-11-21(28-20(17)13-23(22)34-2)25-29-24(30-31-25)14-32-7-5-15(6-8-32)9-16-3-4-18(26)19(27)10-16/h3-4,10-13,15,28H,5-9,14H2,1-2H3,(H,29,30,31). The van der Waals surface area contributed by atoms with E-state index in [0.29, 0.717) is 27.5 Å². The Hall–Kier alpha value is -2.74. The van der Waals surface area contributed by atoms with Crippen LogP contribution in [0.3, 0.4) is 0 Å². The first-order valence-electron chi connectivity index (χ1n) is 11.4. The Balaban J connectivity index is 1.20. The number of likely N-dealkylation sites (tertiary alicyclic amines) is 1. The van der Waals surface area contributed by atoms with Crippen molar-refractivity contribution >= 4 is 34.1 Å². The van der Waals surface area contributed by atoms with Gasteiger partial charge in [-0.15, -0.1) is 10.2 Å². The minimum absolute atomic E-state index is 0.610. The minimum atomic E-state index is 0.610. The topological polar surface area (TPSA) is 79.1 Å². The van der Waals surface area contributed by atoms with Crippen molar-refractivity contribution in [2.75, 3.05) is 27.3 Å². The molecule has 0 bridgehead atoms. The van der Waals surface area contributed by atoms with Gasteiger partial charge in [0.25, 0.3) is 0 Å². The molecule has 0 atom stereocenters. The highest BCUT2D eigenvalue weighted by molar-refractivity contribution is 6.42. The maximum absolute atomic E-state index is 6.17. The van der Waals surface area contributed by atoms with Crippen LogP contribution in [-0.2, 0) is 13.0 Å². The summed E-state index contributed by atoms with van der Waals surface area (Å²) < 4.78 is 10.8. The van der Waals surface area contributed by atoms with Crippen LogP contribution in [-0.4, -0.2) is 52.4 Å². The number of benzene rings is 2. The van der Waals surface area contributed by atoms with Crippen molar-refractivity contribution in [2.45, 2.75) is 25.8 Å². The molecule has 4 aromatic rings. The van der Waals surface area contributed by atoms with Crippen molar-refractivity contribution < 1.29 is 9.47 Å². The van der Waals surface area contributed by atoms with Crippen LogP contribution >= 0.6 is 23.2 Å². The Morgan fingerprint density at radius 1 is 0.941 bits per heavy atom. The van der Waals surface area contributed by atoms with Crippen LogP contribution in [0.5, 0.6) is 11.5 Å². The average molecular weight is 500 g/mol. The second-order valence-electron chi connectivity index (χ2n) is 8.77. The van der Waals surface area contributed by atoms with Gasteiger partial charge in [0.1, 0.15) is 5.82 Å². The van der Waals surface area contributed by atoms with E-state index in [4.69, 9.17) is 32.7 Å². The molecule has 7 nitrogen and oxygen atoms in total. The molecule has 178 valence electrons. The number of ether oxygens (including phenoxy) is 2. The minimum Gasteiger partial charge on any atom is -0.493 e. The van der Waals surface area contributed by atoms with Gasteiger partial charge in [0.05, 0.1) is 36.5 Å². The van der Waals surface area contributed by atoms with Crippen molar-refractivity contribution in [2.24, 2.45) is 5.92 Å². The predicted octanol–water partition coefficient (Wildman–Crippen LogP) is 5.73. The van der Waals surface area contributed by atoms with E-state index in [1.807, 2.05) is 30.3 Å². The average Bonchev–Trinajstić information content (AvgIpc) is 3.48. The van der Waals surface area contributed by atoms with Crippen molar-refractivity contribution in [1.82, 2.24) is 25.1 Å². The van der Waals surface area contributed by atoms with Crippen molar-refractivity contribution in [3.8, 4) is 23.0 Å². The summed E-state index contributed by atoms with van der Waals surface area (Å²) in [7, 11) is 3.27. The zero-order valence-corrected chi connectivity index (χ0v) is 20.7. The van der Waals surface area contributed by atoms with Gasteiger partial charge in [0.2, 0.25) is 0 Å². The van der Waals surface area contributed by atoms with Crippen molar-refractivity contribution in [3.63, 3.8) is 0 Å². The molecule has 0 aliphatic carbocycles. The zero-order chi connectivity index (χ0) is 23.7. The summed E-state index contributed by atoms with van der Waals surface area (Å²) in [6.07, 6.45) is 3.33. The van der Waals surface area contributed by atoms with E-state index in [2.05, 4.69) is 31.1 Å². The Kier molecular flexibility index (Phi) is 6.68. The molecule has 5 rings (SSSR count). The second kappa shape index (κ2) is 9.86. The molecule has 0 spiro atoms. The molecule has 2 aromatic carbocycles. The van der Waals surface area contributed by atoms with Gasteiger partial charge in [-0.25, -0.2) is 0 Å². The lowest BCUT2D eigenvalue weighted by Gasteiger charge is -2.31. The Labute approximate surface area is 208 Å². The number of nitrogens with zero attached hydrogens (tertiary/aromatic N) is 3. The largest absolute Gasteiger partial charge is 0.493 e. The van der Waals surface area contributed by atoms with Gasteiger partial charge in [-0.3, -0.25) is 4.90 Å². The molecule has 9 heteroatoms. The number of aromatic amines is 2. The first-order valence-corrected chi connectivity index (χ1v) is 12.1. The molecule has 3 heterocycles. The fourth-order valence-corrected chi connectivity index (χ4v) is 4.96. The Morgan fingerprint density at radius 2 is 1.71 bits per heavy atom. The van der Waals surface area contributed by atoms with Gasteiger partial charge >= 0.3 is 0 Å². The molecule has 0 radical (unpaired) electrons. The molecule has 34 heavy (non-hydrogen) atoms. The molecule has 2 aromatic heterocycles. The summed E-state index contributed by atoms with van der Waals surface area (Å²) in [5.41, 5.74) is 3.08. The van der Waals surface area contributed by atoms with E-state index < -0.39 is 0 Å². The molecule has 0 unspecified atom stereocenters. The number of aromatic nitrogens is 4. The number of rotatable bonds is 7. The smallest absolute Gasteiger partial charge is 0.177 e. The lowest BCUT2D eigenvalue weighted by molar-refractivity contribution is 0.173. The SMILES string of the molecule is COc1cc2cc(-c3nnc(CN4CCC(Cc5ccc(Cl)c(Cl)c5)CC4)[nH]3)[nH]c2cc1OC. The molecule has 2 N–H and O–H groups in total. The predicted molar refractivity (Wildman–Crippen MR) is 135 cm³/mol. The highest BCUT2D eigenvalue weighted by Gasteiger charge is 2.21. The van der Waals surface area contributed by atoms with E-state index in [1.165, 1.54) is 5.56 Å². The van der Waals surface area contributed by atoms with Crippen LogP contribution in [0.4, 0.5) is 0 Å². The molecule has 0 saturated carbocycles. The zero-order valence-electron chi connectivity index (χ0n) is 19.2. The maximum Gasteiger partial charge on any atom is 0.177 e. The van der Waals surface area contributed by atoms with Crippen LogP contribution in [0.1, 0.15) is 24.2 Å². The van der Waals surface area contributed by atoms with Gasteiger partial charge < -0.3 is 19.4 Å². The number of hydrogen-bond donors (Lipinski definition) is 2. The van der Waals surface area contributed by atoms with Crippen LogP contribution in [0.2, 0.25) is 10.0 Å². The van der Waals surface area contributed by atoms with Gasteiger partial charge in [-0.2, -0.15) is 0 Å². The first-order chi connectivity index (χ1) is 16.5. The lowest BCUT2D eigenvalue weighted by Crippen LogP contribution is -2.34. The first kappa shape index (κ1) is 23.0. The van der Waals surface area contributed by atoms with Crippen LogP contribution in [0.15, 0.2) is 36.4 Å². The number of methoxy groups -OCH3 is 2. The normalized spacial score (nSPS) is 15.2. The number of H-pyrrole nitrogens is 2. The van der Waals surface area contributed by atoms with E-state index >= 15 is 0 Å². The second-order valence-corrected chi connectivity index (χ2v) is 9.58. The van der Waals surface area contributed by atoms with Crippen molar-refractivity contribution in [3.05, 3.63) is 57.8 Å². The number of hydrogen-bond acceptors (Lipinski definition) is 5. The van der Waals surface area contributed by atoms with E-state index in [-0.39, 0.29) is 0 Å². The molecular weight excluding hydrogens is 473 g/mol. The fourth-order valence-electron chi connectivity index (χ4n) is 4.64. The third kappa shape index (κ3) is 4.87. The van der Waals surface area contributed by atoms with E-state index in [0.717, 1.165) is 67.1 Å². The third-order valence-corrected chi connectivity index (χ3v) is 7.24. The van der Waals surface area contributed by atoms with Crippen molar-refractivity contribution in [1.29, 1.82) is 0 Å². The van der Waals surface area contributed by atoms with Gasteiger partial charge in [0, 0.05) is 17.0 Å². The monoisotopic (exact) mass is 499 g/mol. The van der Waals surface area contributed by atoms with Gasteiger partial charge in [0.15, 0.2) is 17.3 Å². The van der Waals surface area contributed by atoms with Crippen LogP contribution in [0.25, 0.3) is 22.4 Å². The summed E-state index contributed by atoms with van der Waals surface area (Å²) >= 11 is 12.2. The molecule has 0 amide bonds. The number of halogens is 2. The van der Waals surface area contributed by atoms with Crippen LogP contribution < -0.4 is 9.47 Å². The summed E-state index contributed by atoms with van der Waals surface area (Å²) in [6.45, 7) is 2.83. The molecule has 1 fully saturated rings. The summed E-state index contributed by atoms with van der Waals surface area (Å²) in [5, 5.41) is 11.0. The lowest BCUT2D eigenvalue weighted by atomic mass is 9.90. The highest BCUT2D eigenvalue weighted by Crippen LogP contribution is 2.34. The third-order valence-electron chi connectivity index (χ3n) is 6.50. The van der Waals surface area contributed by atoms with Crippen LogP contribution in [0, 0.1) is 5.92 Å². The van der Waals surface area contributed by atoms with E-state index in [1.54, 1.807) is 14.2 Å². The molecular formula is C25H27Cl2N5O2.